The Morgan fingerprint density at radius 2 is 2.00 bits per heavy atom. The fourth-order valence-electron chi connectivity index (χ4n) is 2.46. The highest BCUT2D eigenvalue weighted by atomic mass is 16.5. The maximum atomic E-state index is 12.0. The highest BCUT2D eigenvalue weighted by molar-refractivity contribution is 5.72. The molecule has 0 aromatic carbocycles. The third kappa shape index (κ3) is 6.24. The van der Waals surface area contributed by atoms with Gasteiger partial charge in [-0.1, -0.05) is 25.8 Å². The van der Waals surface area contributed by atoms with Crippen molar-refractivity contribution in [2.45, 2.75) is 71.0 Å². The van der Waals surface area contributed by atoms with Crippen molar-refractivity contribution in [3.63, 3.8) is 0 Å². The van der Waals surface area contributed by atoms with E-state index < -0.39 is 0 Å². The lowest BCUT2D eigenvalue weighted by Gasteiger charge is -2.26. The molecule has 0 heterocycles. The molecule has 19 heavy (non-hydrogen) atoms. The molecule has 0 amide bonds. The van der Waals surface area contributed by atoms with Gasteiger partial charge in [-0.2, -0.15) is 0 Å². The number of carbonyl (C=O) groups is 1. The molecule has 0 radical (unpaired) electrons. The molecule has 0 bridgehead atoms. The van der Waals surface area contributed by atoms with Gasteiger partial charge in [0.25, 0.3) is 0 Å². The Morgan fingerprint density at radius 1 is 1.32 bits per heavy atom. The fourth-order valence-corrected chi connectivity index (χ4v) is 2.46. The van der Waals surface area contributed by atoms with Crippen molar-refractivity contribution in [3.8, 4) is 0 Å². The van der Waals surface area contributed by atoms with E-state index >= 15 is 0 Å². The van der Waals surface area contributed by atoms with Gasteiger partial charge in [-0.05, 0) is 45.1 Å². The fraction of sp³-hybridized carbons (Fsp3) is 0.812. The summed E-state index contributed by atoms with van der Waals surface area (Å²) < 4.78 is 10.8. The van der Waals surface area contributed by atoms with Gasteiger partial charge in [-0.3, -0.25) is 4.79 Å². The number of carbonyl (C=O) groups excluding carboxylic acids is 1. The van der Waals surface area contributed by atoms with E-state index in [1.807, 2.05) is 13.0 Å². The molecule has 1 fully saturated rings. The summed E-state index contributed by atoms with van der Waals surface area (Å²) >= 11 is 0. The summed E-state index contributed by atoms with van der Waals surface area (Å²) in [4.78, 5) is 12.0. The number of rotatable bonds is 7. The van der Waals surface area contributed by atoms with Gasteiger partial charge in [0.1, 0.15) is 6.10 Å². The monoisotopic (exact) mass is 268 g/mol. The second-order valence-electron chi connectivity index (χ2n) is 5.42. The first-order valence-electron chi connectivity index (χ1n) is 7.57. The van der Waals surface area contributed by atoms with Crippen LogP contribution in [0.2, 0.25) is 0 Å². The Bertz CT molecular complexity index is 278. The van der Waals surface area contributed by atoms with E-state index in [4.69, 9.17) is 9.47 Å². The van der Waals surface area contributed by atoms with Gasteiger partial charge in [-0.25, -0.2) is 0 Å². The highest BCUT2D eigenvalue weighted by Crippen LogP contribution is 2.27. The Labute approximate surface area is 117 Å². The zero-order valence-electron chi connectivity index (χ0n) is 12.6. The first kappa shape index (κ1) is 16.2. The zero-order valence-corrected chi connectivity index (χ0v) is 12.6. The maximum absolute atomic E-state index is 12.0. The molecule has 0 aromatic heterocycles. The first-order valence-corrected chi connectivity index (χ1v) is 7.57. The molecule has 0 aliphatic heterocycles. The summed E-state index contributed by atoms with van der Waals surface area (Å²) in [7, 11) is 1.74. The maximum Gasteiger partial charge on any atom is 0.309 e. The normalized spacial score (nSPS) is 25.4. The van der Waals surface area contributed by atoms with Gasteiger partial charge >= 0.3 is 5.97 Å². The SMILES string of the molecule is CCCC/C=C/C(C)OC(=O)C1CCC(OC)CC1. The largest absolute Gasteiger partial charge is 0.458 e. The van der Waals surface area contributed by atoms with Crippen LogP contribution in [-0.2, 0) is 14.3 Å². The number of hydrogen-bond acceptors (Lipinski definition) is 3. The van der Waals surface area contributed by atoms with Crippen molar-refractivity contribution in [3.05, 3.63) is 12.2 Å². The van der Waals surface area contributed by atoms with Crippen molar-refractivity contribution < 1.29 is 14.3 Å². The van der Waals surface area contributed by atoms with Crippen LogP contribution in [0.1, 0.15) is 58.8 Å². The standard InChI is InChI=1S/C16H28O3/c1-4-5-6-7-8-13(2)19-16(17)14-9-11-15(18-3)12-10-14/h7-8,13-15H,4-6,9-12H2,1-3H3/b8-7+. The molecule has 1 rings (SSSR count). The van der Waals surface area contributed by atoms with Crippen LogP contribution in [-0.4, -0.2) is 25.3 Å². The average molecular weight is 268 g/mol. The van der Waals surface area contributed by atoms with E-state index in [0.717, 1.165) is 32.1 Å². The van der Waals surface area contributed by atoms with Crippen LogP contribution < -0.4 is 0 Å². The molecule has 0 spiro atoms. The van der Waals surface area contributed by atoms with Crippen molar-refractivity contribution in [1.29, 1.82) is 0 Å². The molecule has 1 aliphatic rings. The van der Waals surface area contributed by atoms with Gasteiger partial charge < -0.3 is 9.47 Å². The van der Waals surface area contributed by atoms with Crippen LogP contribution in [0.5, 0.6) is 0 Å². The molecule has 110 valence electrons. The number of ether oxygens (including phenoxy) is 2. The quantitative estimate of drug-likeness (QED) is 0.399. The van der Waals surface area contributed by atoms with Crippen LogP contribution in [0.3, 0.4) is 0 Å². The van der Waals surface area contributed by atoms with E-state index in [2.05, 4.69) is 13.0 Å². The molecule has 1 aliphatic carbocycles. The van der Waals surface area contributed by atoms with Crippen LogP contribution >= 0.6 is 0 Å². The minimum absolute atomic E-state index is 0.0396. The third-order valence-electron chi connectivity index (χ3n) is 3.77. The molecule has 3 heteroatoms. The molecule has 1 atom stereocenters. The predicted molar refractivity (Wildman–Crippen MR) is 77.0 cm³/mol. The van der Waals surface area contributed by atoms with Crippen LogP contribution in [0.4, 0.5) is 0 Å². The number of methoxy groups -OCH3 is 1. The Kier molecular flexibility index (Phi) is 7.80. The highest BCUT2D eigenvalue weighted by Gasteiger charge is 2.27. The number of allylic oxidation sites excluding steroid dienone is 1. The smallest absolute Gasteiger partial charge is 0.309 e. The van der Waals surface area contributed by atoms with Crippen LogP contribution in [0, 0.1) is 5.92 Å². The molecular weight excluding hydrogens is 240 g/mol. The van der Waals surface area contributed by atoms with Crippen LogP contribution in [0.15, 0.2) is 12.2 Å². The summed E-state index contributed by atoms with van der Waals surface area (Å²) in [6.45, 7) is 4.11. The first-order chi connectivity index (χ1) is 9.17. The molecular formula is C16H28O3. The average Bonchev–Trinajstić information content (AvgIpc) is 2.43. The molecule has 0 N–H and O–H groups in total. The lowest BCUT2D eigenvalue weighted by molar-refractivity contribution is -0.153. The third-order valence-corrected chi connectivity index (χ3v) is 3.77. The second-order valence-corrected chi connectivity index (χ2v) is 5.42. The molecule has 1 saturated carbocycles. The van der Waals surface area contributed by atoms with Crippen molar-refractivity contribution in [2.75, 3.05) is 7.11 Å². The summed E-state index contributed by atoms with van der Waals surface area (Å²) in [5.41, 5.74) is 0. The number of esters is 1. The zero-order chi connectivity index (χ0) is 14.1. The molecule has 0 aromatic rings. The summed E-state index contributed by atoms with van der Waals surface area (Å²) in [5.74, 6) is 0.0279. The lowest BCUT2D eigenvalue weighted by atomic mass is 9.87. The predicted octanol–water partition coefficient (Wildman–Crippen LogP) is 3.87. The second kappa shape index (κ2) is 9.13. The molecule has 1 unspecified atom stereocenters. The van der Waals surface area contributed by atoms with E-state index in [1.54, 1.807) is 7.11 Å². The van der Waals surface area contributed by atoms with Gasteiger partial charge in [-0.15, -0.1) is 0 Å². The summed E-state index contributed by atoms with van der Waals surface area (Å²) in [6, 6.07) is 0. The number of hydrogen-bond donors (Lipinski definition) is 0. The van der Waals surface area contributed by atoms with Gasteiger partial charge in [0.15, 0.2) is 0 Å². The molecule has 0 saturated heterocycles. The number of unbranched alkanes of at least 4 members (excludes halogenated alkanes) is 2. The molecule has 3 nitrogen and oxygen atoms in total. The van der Waals surface area contributed by atoms with Crippen molar-refractivity contribution in [1.82, 2.24) is 0 Å². The van der Waals surface area contributed by atoms with Gasteiger partial charge in [0, 0.05) is 7.11 Å². The summed E-state index contributed by atoms with van der Waals surface area (Å²) in [5, 5.41) is 0. The van der Waals surface area contributed by atoms with Crippen molar-refractivity contribution >= 4 is 5.97 Å². The Hall–Kier alpha value is -0.830. The van der Waals surface area contributed by atoms with E-state index in [9.17, 15) is 4.79 Å². The summed E-state index contributed by atoms with van der Waals surface area (Å²) in [6.07, 6.45) is 11.5. The minimum Gasteiger partial charge on any atom is -0.458 e. The lowest BCUT2D eigenvalue weighted by Crippen LogP contribution is -2.28. The van der Waals surface area contributed by atoms with E-state index in [-0.39, 0.29) is 18.0 Å². The van der Waals surface area contributed by atoms with Gasteiger partial charge in [0.2, 0.25) is 0 Å². The van der Waals surface area contributed by atoms with E-state index in [0.29, 0.717) is 6.10 Å². The van der Waals surface area contributed by atoms with Crippen molar-refractivity contribution in [2.24, 2.45) is 5.92 Å². The Balaban J connectivity index is 2.25. The van der Waals surface area contributed by atoms with E-state index in [1.165, 1.54) is 12.8 Å². The minimum atomic E-state index is -0.107. The topological polar surface area (TPSA) is 35.5 Å². The van der Waals surface area contributed by atoms with Crippen LogP contribution in [0.25, 0.3) is 0 Å². The Morgan fingerprint density at radius 3 is 2.58 bits per heavy atom. The van der Waals surface area contributed by atoms with Gasteiger partial charge in [0.05, 0.1) is 12.0 Å².